The number of pyridine rings is 2. The van der Waals surface area contributed by atoms with Gasteiger partial charge >= 0.3 is 12.3 Å². The van der Waals surface area contributed by atoms with Crippen molar-refractivity contribution in [2.75, 3.05) is 24.1 Å². The molecule has 0 spiro atoms. The number of nitrogens with two attached hydrogens (primary N) is 1. The number of halogens is 5. The number of alkyl halides is 3. The molecule has 0 bridgehead atoms. The van der Waals surface area contributed by atoms with E-state index in [1.54, 1.807) is 26.8 Å². The fourth-order valence-corrected chi connectivity index (χ4v) is 4.53. The number of ether oxygens (including phenoxy) is 2. The van der Waals surface area contributed by atoms with Crippen LogP contribution in [0.3, 0.4) is 0 Å². The number of aromatic nitrogens is 4. The molecule has 4 aromatic rings. The van der Waals surface area contributed by atoms with Gasteiger partial charge in [0.1, 0.15) is 17.2 Å². The molecule has 0 radical (unpaired) electrons. The molecule has 1 aliphatic heterocycles. The number of rotatable bonds is 6. The minimum atomic E-state index is -5.13. The summed E-state index contributed by atoms with van der Waals surface area (Å²) in [5, 5.41) is 5.71. The zero-order valence-electron chi connectivity index (χ0n) is 24.5. The van der Waals surface area contributed by atoms with Crippen molar-refractivity contribution in [3.8, 4) is 17.3 Å². The summed E-state index contributed by atoms with van der Waals surface area (Å²) in [6.07, 6.45) is -0.906. The molecule has 0 saturated heterocycles. The first-order chi connectivity index (χ1) is 21.6. The van der Waals surface area contributed by atoms with Gasteiger partial charge in [-0.1, -0.05) is 6.08 Å². The monoisotopic (exact) mass is 643 g/mol. The number of nitrogens with one attached hydrogen (secondary N) is 1. The average Bonchev–Trinajstić information content (AvgIpc) is 3.62. The molecule has 240 valence electrons. The molecule has 1 aromatic carbocycles. The number of hydrogen-bond acceptors (Lipinski definition) is 8. The van der Waals surface area contributed by atoms with Crippen molar-refractivity contribution >= 4 is 29.1 Å². The van der Waals surface area contributed by atoms with Crippen molar-refractivity contribution in [1.82, 2.24) is 24.6 Å². The zero-order chi connectivity index (χ0) is 33.4. The van der Waals surface area contributed by atoms with E-state index in [0.717, 1.165) is 24.4 Å². The van der Waals surface area contributed by atoms with E-state index in [1.807, 2.05) is 0 Å². The van der Waals surface area contributed by atoms with Crippen molar-refractivity contribution in [3.63, 3.8) is 0 Å². The van der Waals surface area contributed by atoms with Crippen LogP contribution in [0.15, 0.2) is 61.1 Å². The highest BCUT2D eigenvalue weighted by Gasteiger charge is 2.41. The lowest BCUT2D eigenvalue weighted by Gasteiger charge is -2.24. The van der Waals surface area contributed by atoms with E-state index in [2.05, 4.69) is 20.4 Å². The first-order valence-corrected chi connectivity index (χ1v) is 13.6. The van der Waals surface area contributed by atoms with Crippen LogP contribution in [-0.2, 0) is 10.9 Å². The lowest BCUT2D eigenvalue weighted by molar-refractivity contribution is -0.143. The van der Waals surface area contributed by atoms with Gasteiger partial charge in [-0.2, -0.15) is 18.3 Å². The Morgan fingerprint density at radius 1 is 1.00 bits per heavy atom. The highest BCUT2D eigenvalue weighted by atomic mass is 19.4. The van der Waals surface area contributed by atoms with Crippen molar-refractivity contribution < 1.29 is 41.0 Å². The fraction of sp³-hybridized carbons (Fsp3) is 0.233. The summed E-state index contributed by atoms with van der Waals surface area (Å²) in [5.41, 5.74) is 3.61. The fourth-order valence-electron chi connectivity index (χ4n) is 4.53. The summed E-state index contributed by atoms with van der Waals surface area (Å²) < 4.78 is 82.7. The van der Waals surface area contributed by atoms with E-state index in [9.17, 15) is 27.2 Å². The molecule has 4 heterocycles. The maximum Gasteiger partial charge on any atom is 0.434 e. The van der Waals surface area contributed by atoms with Gasteiger partial charge in [0.2, 0.25) is 0 Å². The Hall–Kier alpha value is -5.54. The predicted octanol–water partition coefficient (Wildman–Crippen LogP) is 6.22. The van der Waals surface area contributed by atoms with Gasteiger partial charge in [0.25, 0.3) is 5.91 Å². The molecule has 3 N–H and O–H groups in total. The molecule has 0 saturated carbocycles. The Labute approximate surface area is 258 Å². The summed E-state index contributed by atoms with van der Waals surface area (Å²) in [6.45, 7) is 5.58. The lowest BCUT2D eigenvalue weighted by atomic mass is 10.1. The second-order valence-corrected chi connectivity index (χ2v) is 11.0. The molecule has 0 fully saturated rings. The van der Waals surface area contributed by atoms with Gasteiger partial charge in [-0.25, -0.2) is 28.2 Å². The normalized spacial score (nSPS) is 13.4. The molecule has 0 atom stereocenters. The van der Waals surface area contributed by atoms with E-state index >= 15 is 4.39 Å². The summed E-state index contributed by atoms with van der Waals surface area (Å²) in [4.78, 5) is 34.5. The third kappa shape index (κ3) is 6.74. The highest BCUT2D eigenvalue weighted by molar-refractivity contribution is 6.05. The summed E-state index contributed by atoms with van der Waals surface area (Å²) >= 11 is 0. The first-order valence-electron chi connectivity index (χ1n) is 13.6. The van der Waals surface area contributed by atoms with Crippen LogP contribution in [0.25, 0.3) is 11.4 Å². The molecular formula is C30H26F5N7O4. The number of carbonyl (C=O) groups excluding carboxylic acids is 2. The van der Waals surface area contributed by atoms with E-state index in [1.165, 1.54) is 29.3 Å². The quantitative estimate of drug-likeness (QED) is 0.236. The number of nitrogen functional groups attached to an aromatic ring is 1. The molecule has 1 aliphatic rings. The van der Waals surface area contributed by atoms with Crippen LogP contribution < -0.4 is 15.8 Å². The number of carbonyl (C=O) groups is 2. The molecular weight excluding hydrogens is 617 g/mol. The topological polar surface area (TPSA) is 137 Å². The number of nitrogens with zero attached hydrogens (tertiary/aromatic N) is 5. The van der Waals surface area contributed by atoms with Gasteiger partial charge in [-0.15, -0.1) is 0 Å². The number of benzene rings is 1. The summed E-state index contributed by atoms with van der Waals surface area (Å²) in [5.74, 6) is -4.24. The van der Waals surface area contributed by atoms with E-state index < -0.39 is 52.5 Å². The Bertz CT molecular complexity index is 1850. The smallest absolute Gasteiger partial charge is 0.434 e. The van der Waals surface area contributed by atoms with Crippen LogP contribution in [0.5, 0.6) is 11.5 Å². The van der Waals surface area contributed by atoms with Gasteiger partial charge < -0.3 is 25.4 Å². The third-order valence-corrected chi connectivity index (χ3v) is 6.47. The number of anilines is 2. The van der Waals surface area contributed by atoms with Gasteiger partial charge in [-0.3, -0.25) is 4.79 Å². The standard InChI is InChI=1S/C30H26F5N7O4/c1-29(2,3)46-28(44)41-12-9-16(15-41)23-22(8-11-37-25(23)36)45-21-7-6-17(13-20(21)32)40-27(43)18-14-39-42(24(18)30(33,34)35)26-19(31)5-4-10-38-26/h4-11,13-14H,12,15H2,1-3H3,(H2,36,37)(H,40,43). The second-order valence-electron chi connectivity index (χ2n) is 11.0. The van der Waals surface area contributed by atoms with Crippen LogP contribution in [0.4, 0.5) is 38.3 Å². The van der Waals surface area contributed by atoms with Gasteiger partial charge in [0, 0.05) is 37.2 Å². The van der Waals surface area contributed by atoms with Gasteiger partial charge in [0.05, 0.1) is 17.3 Å². The van der Waals surface area contributed by atoms with Crippen LogP contribution in [0.1, 0.15) is 42.4 Å². The van der Waals surface area contributed by atoms with Crippen molar-refractivity contribution in [1.29, 1.82) is 0 Å². The molecule has 2 amide bonds. The lowest BCUT2D eigenvalue weighted by Crippen LogP contribution is -2.35. The van der Waals surface area contributed by atoms with Crippen LogP contribution in [0.2, 0.25) is 0 Å². The Kier molecular flexibility index (Phi) is 8.38. The van der Waals surface area contributed by atoms with Crippen molar-refractivity contribution in [2.45, 2.75) is 32.5 Å². The minimum Gasteiger partial charge on any atom is -0.453 e. The zero-order valence-corrected chi connectivity index (χ0v) is 24.5. The molecule has 16 heteroatoms. The Morgan fingerprint density at radius 2 is 1.76 bits per heavy atom. The SMILES string of the molecule is CC(C)(C)OC(=O)N1CC=C(c2c(Oc3ccc(NC(=O)c4cnn(-c5ncccc5F)c4C(F)(F)F)cc3F)ccnc2N)C1. The maximum absolute atomic E-state index is 15.2. The number of amides is 2. The number of hydrogen-bond donors (Lipinski definition) is 2. The summed E-state index contributed by atoms with van der Waals surface area (Å²) in [7, 11) is 0. The average molecular weight is 644 g/mol. The molecule has 11 nitrogen and oxygen atoms in total. The second kappa shape index (κ2) is 12.1. The van der Waals surface area contributed by atoms with E-state index in [0.29, 0.717) is 17.3 Å². The van der Waals surface area contributed by atoms with Gasteiger partial charge in [0.15, 0.2) is 28.9 Å². The van der Waals surface area contributed by atoms with Crippen LogP contribution in [-0.4, -0.2) is 55.3 Å². The predicted molar refractivity (Wildman–Crippen MR) is 155 cm³/mol. The first kappa shape index (κ1) is 31.9. The van der Waals surface area contributed by atoms with Crippen LogP contribution in [0, 0.1) is 11.6 Å². The molecule has 5 rings (SSSR count). The minimum absolute atomic E-state index is 0.0608. The largest absolute Gasteiger partial charge is 0.453 e. The third-order valence-electron chi connectivity index (χ3n) is 6.47. The van der Waals surface area contributed by atoms with Crippen molar-refractivity contribution in [2.24, 2.45) is 0 Å². The van der Waals surface area contributed by atoms with E-state index in [4.69, 9.17) is 15.2 Å². The van der Waals surface area contributed by atoms with Gasteiger partial charge in [-0.05, 0) is 56.7 Å². The summed E-state index contributed by atoms with van der Waals surface area (Å²) in [6, 6.07) is 6.71. The molecule has 0 unspecified atom stereocenters. The molecule has 0 aliphatic carbocycles. The Balaban J connectivity index is 1.35. The highest BCUT2D eigenvalue weighted by Crippen LogP contribution is 2.38. The van der Waals surface area contributed by atoms with Crippen molar-refractivity contribution in [3.05, 3.63) is 89.5 Å². The Morgan fingerprint density at radius 3 is 2.43 bits per heavy atom. The molecule has 46 heavy (non-hydrogen) atoms. The molecule has 3 aromatic heterocycles. The van der Waals surface area contributed by atoms with E-state index in [-0.39, 0.29) is 40.8 Å². The van der Waals surface area contributed by atoms with Crippen LogP contribution >= 0.6 is 0 Å². The maximum atomic E-state index is 15.2.